The molecule has 1 amide bonds. The first-order valence-corrected chi connectivity index (χ1v) is 16.1. The van der Waals surface area contributed by atoms with E-state index < -0.39 is 5.54 Å². The van der Waals surface area contributed by atoms with Crippen LogP contribution in [0.15, 0.2) is 133 Å². The number of carbonyl (C=O) groups is 1. The SMILES string of the molecule is Cc1cc(C2(C3=CCC(Oc4ccc(C#N)c(C#N)c4)C=C3)c3ccccc3C(=O)N2c2ccccc2)ccc1Oc1ccc(C#N)c(C#N)c1. The van der Waals surface area contributed by atoms with Crippen molar-refractivity contribution in [3.05, 3.63) is 178 Å². The molecule has 8 heteroatoms. The summed E-state index contributed by atoms with van der Waals surface area (Å²) in [6, 6.07) is 40.8. The van der Waals surface area contributed by atoms with Gasteiger partial charge in [0.15, 0.2) is 0 Å². The number of hydrogen-bond donors (Lipinski definition) is 0. The van der Waals surface area contributed by atoms with Crippen molar-refractivity contribution in [1.29, 1.82) is 21.0 Å². The largest absolute Gasteiger partial charge is 0.486 e. The Morgan fingerprint density at radius 3 is 2.02 bits per heavy atom. The lowest BCUT2D eigenvalue weighted by Gasteiger charge is -2.42. The third-order valence-electron chi connectivity index (χ3n) is 9.15. The van der Waals surface area contributed by atoms with Gasteiger partial charge in [-0.05, 0) is 102 Å². The zero-order chi connectivity index (χ0) is 35.5. The van der Waals surface area contributed by atoms with Crippen LogP contribution < -0.4 is 14.4 Å². The van der Waals surface area contributed by atoms with E-state index >= 15 is 0 Å². The van der Waals surface area contributed by atoms with Gasteiger partial charge in [-0.25, -0.2) is 0 Å². The number of nitrogens with zero attached hydrogens (tertiary/aromatic N) is 5. The number of carbonyl (C=O) groups excluding carboxylic acids is 1. The van der Waals surface area contributed by atoms with Crippen LogP contribution in [0.3, 0.4) is 0 Å². The lowest BCUT2D eigenvalue weighted by atomic mass is 9.74. The summed E-state index contributed by atoms with van der Waals surface area (Å²) in [7, 11) is 0. The van der Waals surface area contributed by atoms with Gasteiger partial charge in [0, 0.05) is 17.7 Å². The number of ether oxygens (including phenoxy) is 2. The fourth-order valence-corrected chi connectivity index (χ4v) is 6.81. The molecule has 1 aliphatic heterocycles. The molecule has 2 aliphatic rings. The van der Waals surface area contributed by atoms with E-state index in [1.165, 1.54) is 0 Å². The van der Waals surface area contributed by atoms with Gasteiger partial charge in [-0.3, -0.25) is 9.69 Å². The molecular formula is C43H27N5O3. The molecule has 51 heavy (non-hydrogen) atoms. The van der Waals surface area contributed by atoms with Gasteiger partial charge in [0.1, 0.15) is 53.2 Å². The van der Waals surface area contributed by atoms with Crippen molar-refractivity contribution in [3.63, 3.8) is 0 Å². The highest BCUT2D eigenvalue weighted by Gasteiger charge is 2.53. The lowest BCUT2D eigenvalue weighted by Crippen LogP contribution is -2.47. The Morgan fingerprint density at radius 2 is 1.37 bits per heavy atom. The van der Waals surface area contributed by atoms with Gasteiger partial charge in [0.05, 0.1) is 22.3 Å². The van der Waals surface area contributed by atoms with Gasteiger partial charge in [0.2, 0.25) is 0 Å². The maximum absolute atomic E-state index is 14.5. The van der Waals surface area contributed by atoms with Crippen molar-refractivity contribution in [1.82, 2.24) is 0 Å². The molecule has 2 unspecified atom stereocenters. The number of anilines is 1. The zero-order valence-corrected chi connectivity index (χ0v) is 27.4. The number of hydrogen-bond acceptors (Lipinski definition) is 7. The monoisotopic (exact) mass is 661 g/mol. The second-order valence-electron chi connectivity index (χ2n) is 12.1. The Hall–Kier alpha value is -7.39. The third-order valence-corrected chi connectivity index (χ3v) is 9.15. The number of para-hydroxylation sites is 1. The van der Waals surface area contributed by atoms with E-state index in [0.717, 1.165) is 28.0 Å². The standard InChI is InChI=1S/C43H27N5O3/c1-28-21-34(15-20-41(28)51-38-17-12-30(25-45)32(23-38)27-47)43(40-10-6-5-9-39(40)42(49)48(43)35-7-3-2-4-8-35)33-13-18-36(19-14-33)50-37-16-11-29(24-44)31(22-37)26-46/h2-18,20-23,36H,19H2,1H3. The smallest absolute Gasteiger partial charge is 0.260 e. The van der Waals surface area contributed by atoms with Gasteiger partial charge in [0.25, 0.3) is 5.91 Å². The number of aryl methyl sites for hydroxylation is 1. The van der Waals surface area contributed by atoms with Crippen LogP contribution in [-0.4, -0.2) is 12.0 Å². The molecule has 1 heterocycles. The summed E-state index contributed by atoms with van der Waals surface area (Å²) in [5.74, 6) is 1.34. The van der Waals surface area contributed by atoms with E-state index in [2.05, 4.69) is 12.1 Å². The summed E-state index contributed by atoms with van der Waals surface area (Å²) in [5, 5.41) is 37.7. The van der Waals surface area contributed by atoms with Gasteiger partial charge in [-0.15, -0.1) is 0 Å². The molecule has 5 aromatic carbocycles. The van der Waals surface area contributed by atoms with Crippen molar-refractivity contribution in [2.45, 2.75) is 25.0 Å². The molecular weight excluding hydrogens is 635 g/mol. The topological polar surface area (TPSA) is 134 Å². The fourth-order valence-electron chi connectivity index (χ4n) is 6.81. The molecule has 0 radical (unpaired) electrons. The highest BCUT2D eigenvalue weighted by molar-refractivity contribution is 6.14. The lowest BCUT2D eigenvalue weighted by molar-refractivity contribution is 0.0986. The van der Waals surface area contributed by atoms with Crippen molar-refractivity contribution in [3.8, 4) is 41.5 Å². The summed E-state index contributed by atoms with van der Waals surface area (Å²) in [4.78, 5) is 16.3. The molecule has 0 spiro atoms. The van der Waals surface area contributed by atoms with Gasteiger partial charge >= 0.3 is 0 Å². The Morgan fingerprint density at radius 1 is 0.725 bits per heavy atom. The maximum atomic E-state index is 14.5. The van der Waals surface area contributed by atoms with E-state index in [1.54, 1.807) is 36.4 Å². The highest BCUT2D eigenvalue weighted by atomic mass is 16.5. The minimum atomic E-state index is -1.06. The second kappa shape index (κ2) is 13.3. The van der Waals surface area contributed by atoms with Crippen LogP contribution in [0.2, 0.25) is 0 Å². The summed E-state index contributed by atoms with van der Waals surface area (Å²) in [6.45, 7) is 1.93. The van der Waals surface area contributed by atoms with Crippen LogP contribution in [0, 0.1) is 52.2 Å². The van der Waals surface area contributed by atoms with Crippen LogP contribution in [0.4, 0.5) is 5.69 Å². The Bertz CT molecular complexity index is 2460. The van der Waals surface area contributed by atoms with Gasteiger partial charge < -0.3 is 9.47 Å². The molecule has 0 N–H and O–H groups in total. The highest BCUT2D eigenvalue weighted by Crippen LogP contribution is 2.53. The molecule has 1 aliphatic carbocycles. The molecule has 0 saturated heterocycles. The van der Waals surface area contributed by atoms with Gasteiger partial charge in [-0.2, -0.15) is 21.0 Å². The van der Waals surface area contributed by atoms with E-state index in [-0.39, 0.29) is 34.3 Å². The van der Waals surface area contributed by atoms with Crippen LogP contribution in [0.1, 0.15) is 55.7 Å². The average Bonchev–Trinajstić information content (AvgIpc) is 3.44. The van der Waals surface area contributed by atoms with Crippen LogP contribution in [-0.2, 0) is 5.54 Å². The maximum Gasteiger partial charge on any atom is 0.260 e. The van der Waals surface area contributed by atoms with Crippen molar-refractivity contribution in [2.24, 2.45) is 0 Å². The predicted molar refractivity (Wildman–Crippen MR) is 190 cm³/mol. The Kier molecular flexibility index (Phi) is 8.36. The summed E-state index contributed by atoms with van der Waals surface area (Å²) < 4.78 is 12.5. The quantitative estimate of drug-likeness (QED) is 0.171. The van der Waals surface area contributed by atoms with Crippen LogP contribution >= 0.6 is 0 Å². The summed E-state index contributed by atoms with van der Waals surface area (Å²) >= 11 is 0. The van der Waals surface area contributed by atoms with E-state index in [4.69, 9.17) is 9.47 Å². The van der Waals surface area contributed by atoms with E-state index in [9.17, 15) is 25.8 Å². The molecule has 242 valence electrons. The Balaban J connectivity index is 1.33. The van der Waals surface area contributed by atoms with Crippen LogP contribution in [0.5, 0.6) is 17.2 Å². The van der Waals surface area contributed by atoms with Crippen molar-refractivity contribution >= 4 is 11.6 Å². The van der Waals surface area contributed by atoms with Crippen molar-refractivity contribution in [2.75, 3.05) is 4.90 Å². The molecule has 0 fully saturated rings. The number of rotatable bonds is 7. The fraction of sp³-hybridized carbons (Fsp3) is 0.0930. The molecule has 8 nitrogen and oxygen atoms in total. The average molecular weight is 662 g/mol. The number of benzene rings is 5. The van der Waals surface area contributed by atoms with E-state index in [0.29, 0.717) is 29.2 Å². The second-order valence-corrected chi connectivity index (χ2v) is 12.1. The third kappa shape index (κ3) is 5.54. The first-order valence-electron chi connectivity index (χ1n) is 16.1. The normalized spacial score (nSPS) is 17.3. The number of fused-ring (bicyclic) bond motifs is 1. The summed E-state index contributed by atoms with van der Waals surface area (Å²) in [6.07, 6.45) is 6.16. The molecule has 7 rings (SSSR count). The van der Waals surface area contributed by atoms with E-state index in [1.807, 2.05) is 115 Å². The predicted octanol–water partition coefficient (Wildman–Crippen LogP) is 8.51. The molecule has 2 atom stereocenters. The number of nitriles is 4. The molecule has 0 aromatic heterocycles. The Labute approximate surface area is 295 Å². The minimum Gasteiger partial charge on any atom is -0.486 e. The zero-order valence-electron chi connectivity index (χ0n) is 27.4. The first kappa shape index (κ1) is 32.2. The minimum absolute atomic E-state index is 0.134. The molecule has 0 bridgehead atoms. The molecule has 0 saturated carbocycles. The van der Waals surface area contributed by atoms with Crippen molar-refractivity contribution < 1.29 is 14.3 Å². The molecule has 5 aromatic rings. The number of amides is 1. The van der Waals surface area contributed by atoms with Crippen LogP contribution in [0.25, 0.3) is 0 Å². The first-order chi connectivity index (χ1) is 24.9. The summed E-state index contributed by atoms with van der Waals surface area (Å²) in [5.41, 5.74) is 4.64. The van der Waals surface area contributed by atoms with Gasteiger partial charge in [-0.1, -0.05) is 54.6 Å².